The third-order valence-corrected chi connectivity index (χ3v) is 1.89. The van der Waals surface area contributed by atoms with Crippen LogP contribution < -0.4 is 5.32 Å². The highest BCUT2D eigenvalue weighted by Gasteiger charge is 1.95. The van der Waals surface area contributed by atoms with Crippen LogP contribution in [0.5, 0.6) is 0 Å². The van der Waals surface area contributed by atoms with Crippen LogP contribution in [0.1, 0.15) is 25.0 Å². The van der Waals surface area contributed by atoms with Gasteiger partial charge in [0, 0.05) is 12.6 Å². The maximum Gasteiger partial charge on any atom is 0.115 e. The molecule has 0 unspecified atom stereocenters. The molecule has 0 radical (unpaired) electrons. The lowest BCUT2D eigenvalue weighted by atomic mass is 10.1. The molecule has 1 aromatic rings. The fraction of sp³-hybridized carbons (Fsp3) is 0.455. The molecule has 0 aromatic heterocycles. The maximum atomic E-state index is 12.2. The second kappa shape index (κ2) is 4.97. The van der Waals surface area contributed by atoms with Gasteiger partial charge in [-0.3, -0.25) is 0 Å². The van der Waals surface area contributed by atoms with Crippen molar-refractivity contribution >= 4 is 0 Å². The Morgan fingerprint density at radius 2 is 1.69 bits per heavy atom. The zero-order chi connectivity index (χ0) is 9.68. The molecule has 0 fully saturated rings. The van der Waals surface area contributed by atoms with Crippen LogP contribution >= 0.6 is 0 Å². The molecule has 0 spiro atoms. The normalized spacial score (nSPS) is 10.8. The summed E-state index contributed by atoms with van der Waals surface area (Å²) < 4.78 is 12.2. The number of hydrogen-bond acceptors (Lipinski definition) is 1. The Morgan fingerprint density at radius 3 is 2.15 bits per heavy atom. The third kappa shape index (κ3) is 3.55. The SMILES string of the molecule is CC(C)NCc1ccc(CF)cc1. The second-order valence-corrected chi connectivity index (χ2v) is 3.49. The minimum absolute atomic E-state index is 0.377. The summed E-state index contributed by atoms with van der Waals surface area (Å²) in [5.74, 6) is 0. The number of hydrogen-bond donors (Lipinski definition) is 1. The van der Waals surface area contributed by atoms with Crippen molar-refractivity contribution in [2.45, 2.75) is 33.1 Å². The largest absolute Gasteiger partial charge is 0.310 e. The average Bonchev–Trinajstić information content (AvgIpc) is 2.15. The van der Waals surface area contributed by atoms with E-state index in [0.717, 1.165) is 12.1 Å². The van der Waals surface area contributed by atoms with Gasteiger partial charge in [-0.05, 0) is 11.1 Å². The Bertz CT molecular complexity index is 241. The Labute approximate surface area is 79.0 Å². The zero-order valence-corrected chi connectivity index (χ0v) is 8.18. The zero-order valence-electron chi connectivity index (χ0n) is 8.18. The molecule has 1 aromatic carbocycles. The minimum Gasteiger partial charge on any atom is -0.310 e. The van der Waals surface area contributed by atoms with Gasteiger partial charge in [0.2, 0.25) is 0 Å². The van der Waals surface area contributed by atoms with Gasteiger partial charge >= 0.3 is 0 Å². The van der Waals surface area contributed by atoms with Crippen molar-refractivity contribution in [3.8, 4) is 0 Å². The first kappa shape index (κ1) is 10.2. The number of halogens is 1. The summed E-state index contributed by atoms with van der Waals surface area (Å²) in [4.78, 5) is 0. The van der Waals surface area contributed by atoms with E-state index in [0.29, 0.717) is 6.04 Å². The van der Waals surface area contributed by atoms with Gasteiger partial charge in [-0.25, -0.2) is 4.39 Å². The third-order valence-electron chi connectivity index (χ3n) is 1.89. The van der Waals surface area contributed by atoms with E-state index in [1.165, 1.54) is 5.56 Å². The summed E-state index contributed by atoms with van der Waals surface area (Å²) in [5, 5.41) is 3.31. The molecule has 0 amide bonds. The molecule has 72 valence electrons. The Kier molecular flexibility index (Phi) is 3.90. The molecular formula is C11H16FN. The van der Waals surface area contributed by atoms with E-state index in [2.05, 4.69) is 19.2 Å². The molecule has 1 N–H and O–H groups in total. The molecule has 0 atom stereocenters. The molecule has 1 rings (SSSR count). The first-order valence-corrected chi connectivity index (χ1v) is 4.59. The first-order valence-electron chi connectivity index (χ1n) is 4.59. The summed E-state index contributed by atoms with van der Waals surface area (Å²) >= 11 is 0. The van der Waals surface area contributed by atoms with Gasteiger partial charge in [-0.1, -0.05) is 38.1 Å². The molecule has 0 bridgehead atoms. The van der Waals surface area contributed by atoms with Crippen LogP contribution in [0.4, 0.5) is 4.39 Å². The highest BCUT2D eigenvalue weighted by molar-refractivity contribution is 5.21. The van der Waals surface area contributed by atoms with Crippen LogP contribution in [0.3, 0.4) is 0 Å². The second-order valence-electron chi connectivity index (χ2n) is 3.49. The highest BCUT2D eigenvalue weighted by atomic mass is 19.1. The maximum absolute atomic E-state index is 12.2. The van der Waals surface area contributed by atoms with E-state index in [4.69, 9.17) is 0 Å². The summed E-state index contributed by atoms with van der Waals surface area (Å²) in [5.41, 5.74) is 1.94. The number of nitrogens with one attached hydrogen (secondary N) is 1. The van der Waals surface area contributed by atoms with Crippen molar-refractivity contribution in [3.05, 3.63) is 35.4 Å². The Morgan fingerprint density at radius 1 is 1.15 bits per heavy atom. The highest BCUT2D eigenvalue weighted by Crippen LogP contribution is 2.05. The van der Waals surface area contributed by atoms with Crippen molar-refractivity contribution in [1.29, 1.82) is 0 Å². The topological polar surface area (TPSA) is 12.0 Å². The fourth-order valence-corrected chi connectivity index (χ4v) is 1.07. The molecule has 1 nitrogen and oxygen atoms in total. The van der Waals surface area contributed by atoms with Crippen molar-refractivity contribution < 1.29 is 4.39 Å². The van der Waals surface area contributed by atoms with Crippen molar-refractivity contribution in [3.63, 3.8) is 0 Å². The van der Waals surface area contributed by atoms with Crippen LogP contribution in [0.2, 0.25) is 0 Å². The molecule has 0 saturated carbocycles. The average molecular weight is 181 g/mol. The van der Waals surface area contributed by atoms with Crippen LogP contribution in [0, 0.1) is 0 Å². The fourth-order valence-electron chi connectivity index (χ4n) is 1.07. The minimum atomic E-state index is -0.377. The van der Waals surface area contributed by atoms with Crippen LogP contribution in [-0.4, -0.2) is 6.04 Å². The summed E-state index contributed by atoms with van der Waals surface area (Å²) in [7, 11) is 0. The number of alkyl halides is 1. The van der Waals surface area contributed by atoms with E-state index in [9.17, 15) is 4.39 Å². The van der Waals surface area contributed by atoms with Crippen LogP contribution in [0.15, 0.2) is 24.3 Å². The van der Waals surface area contributed by atoms with Gasteiger partial charge in [0.1, 0.15) is 6.67 Å². The summed E-state index contributed by atoms with van der Waals surface area (Å²) in [6.45, 7) is 4.69. The lowest BCUT2D eigenvalue weighted by Gasteiger charge is -2.07. The van der Waals surface area contributed by atoms with E-state index < -0.39 is 0 Å². The number of benzene rings is 1. The Hall–Kier alpha value is -0.890. The van der Waals surface area contributed by atoms with Crippen LogP contribution in [-0.2, 0) is 13.2 Å². The summed E-state index contributed by atoms with van der Waals surface area (Å²) in [6, 6.07) is 8.07. The van der Waals surface area contributed by atoms with Gasteiger partial charge < -0.3 is 5.32 Å². The van der Waals surface area contributed by atoms with Gasteiger partial charge in [-0.2, -0.15) is 0 Å². The van der Waals surface area contributed by atoms with E-state index >= 15 is 0 Å². The molecule has 0 heterocycles. The van der Waals surface area contributed by atoms with Gasteiger partial charge in [0.05, 0.1) is 0 Å². The molecule has 0 aliphatic rings. The predicted molar refractivity (Wildman–Crippen MR) is 53.2 cm³/mol. The number of rotatable bonds is 4. The molecule has 0 saturated heterocycles. The van der Waals surface area contributed by atoms with Crippen molar-refractivity contribution in [1.82, 2.24) is 5.32 Å². The monoisotopic (exact) mass is 181 g/mol. The van der Waals surface area contributed by atoms with Gasteiger partial charge in [0.15, 0.2) is 0 Å². The van der Waals surface area contributed by atoms with E-state index in [-0.39, 0.29) is 6.67 Å². The standard InChI is InChI=1S/C11H16FN/c1-9(2)13-8-11-5-3-10(7-12)4-6-11/h3-6,9,13H,7-8H2,1-2H3. The van der Waals surface area contributed by atoms with Crippen molar-refractivity contribution in [2.24, 2.45) is 0 Å². The first-order chi connectivity index (χ1) is 6.22. The molecular weight excluding hydrogens is 165 g/mol. The lowest BCUT2D eigenvalue weighted by molar-refractivity contribution is 0.485. The van der Waals surface area contributed by atoms with Gasteiger partial charge in [-0.15, -0.1) is 0 Å². The van der Waals surface area contributed by atoms with E-state index in [1.54, 1.807) is 0 Å². The Balaban J connectivity index is 2.49. The summed E-state index contributed by atoms with van der Waals surface area (Å²) in [6.07, 6.45) is 0. The van der Waals surface area contributed by atoms with Crippen LogP contribution in [0.25, 0.3) is 0 Å². The lowest BCUT2D eigenvalue weighted by Crippen LogP contribution is -2.21. The molecule has 13 heavy (non-hydrogen) atoms. The quantitative estimate of drug-likeness (QED) is 0.753. The predicted octanol–water partition coefficient (Wildman–Crippen LogP) is 2.65. The molecule has 0 aliphatic carbocycles. The van der Waals surface area contributed by atoms with Crippen molar-refractivity contribution in [2.75, 3.05) is 0 Å². The molecule has 0 aliphatic heterocycles. The van der Waals surface area contributed by atoms with Gasteiger partial charge in [0.25, 0.3) is 0 Å². The molecule has 2 heteroatoms. The van der Waals surface area contributed by atoms with E-state index in [1.807, 2.05) is 24.3 Å². The smallest absolute Gasteiger partial charge is 0.115 e.